The van der Waals surface area contributed by atoms with Gasteiger partial charge in [0.2, 0.25) is 0 Å². The smallest absolute Gasteiger partial charge is 0.326 e. The Labute approximate surface area is 166 Å². The van der Waals surface area contributed by atoms with Gasteiger partial charge in [0.1, 0.15) is 28.0 Å². The Morgan fingerprint density at radius 2 is 1.74 bits per heavy atom. The maximum absolute atomic E-state index is 13.2. The second kappa shape index (κ2) is 8.77. The van der Waals surface area contributed by atoms with Crippen LogP contribution < -0.4 is 9.04 Å². The normalized spacial score (nSPS) is 11.1. The van der Waals surface area contributed by atoms with Crippen LogP contribution in [-0.2, 0) is 19.6 Å². The minimum atomic E-state index is -4.32. The topological polar surface area (TPSA) is 72.9 Å². The molecule has 27 heavy (non-hydrogen) atoms. The summed E-state index contributed by atoms with van der Waals surface area (Å²) in [5.41, 5.74) is 0.0625. The molecule has 0 aromatic heterocycles. The number of esters is 1. The SMILES string of the molecule is CCOC(=O)CN(c1ccc(F)cc1)S(=O)(=O)c1ccc(OC)c(Cl)c1Cl. The highest BCUT2D eigenvalue weighted by Gasteiger charge is 2.31. The van der Waals surface area contributed by atoms with E-state index < -0.39 is 28.4 Å². The van der Waals surface area contributed by atoms with Crippen LogP contribution >= 0.6 is 23.2 Å². The van der Waals surface area contributed by atoms with Crippen LogP contribution in [0.25, 0.3) is 0 Å². The molecule has 0 saturated heterocycles. The molecule has 0 aliphatic heterocycles. The van der Waals surface area contributed by atoms with Crippen LogP contribution in [0.4, 0.5) is 10.1 Å². The molecule has 2 rings (SSSR count). The number of benzene rings is 2. The number of halogens is 3. The van der Waals surface area contributed by atoms with Gasteiger partial charge < -0.3 is 9.47 Å². The molecular formula is C17H16Cl2FNO5S. The van der Waals surface area contributed by atoms with E-state index in [0.29, 0.717) is 0 Å². The van der Waals surface area contributed by atoms with Crippen molar-refractivity contribution in [2.45, 2.75) is 11.8 Å². The van der Waals surface area contributed by atoms with Crippen molar-refractivity contribution in [2.75, 3.05) is 24.6 Å². The zero-order valence-electron chi connectivity index (χ0n) is 14.4. The number of hydrogen-bond donors (Lipinski definition) is 0. The van der Waals surface area contributed by atoms with Crippen LogP contribution in [0.2, 0.25) is 10.0 Å². The van der Waals surface area contributed by atoms with Crippen molar-refractivity contribution in [2.24, 2.45) is 0 Å². The lowest BCUT2D eigenvalue weighted by Crippen LogP contribution is -2.36. The van der Waals surface area contributed by atoms with Gasteiger partial charge in [-0.15, -0.1) is 0 Å². The molecule has 0 radical (unpaired) electrons. The molecule has 0 aliphatic rings. The van der Waals surface area contributed by atoms with Crippen molar-refractivity contribution < 1.29 is 27.1 Å². The molecule has 0 amide bonds. The van der Waals surface area contributed by atoms with E-state index in [2.05, 4.69) is 0 Å². The van der Waals surface area contributed by atoms with E-state index in [1.807, 2.05) is 0 Å². The molecule has 10 heteroatoms. The van der Waals surface area contributed by atoms with Crippen molar-refractivity contribution in [3.63, 3.8) is 0 Å². The molecule has 0 unspecified atom stereocenters. The average molecular weight is 436 g/mol. The number of anilines is 1. The lowest BCUT2D eigenvalue weighted by atomic mass is 10.3. The largest absolute Gasteiger partial charge is 0.495 e. The Morgan fingerprint density at radius 1 is 1.11 bits per heavy atom. The minimum Gasteiger partial charge on any atom is -0.495 e. The highest BCUT2D eigenvalue weighted by Crippen LogP contribution is 2.38. The van der Waals surface area contributed by atoms with Crippen molar-refractivity contribution in [3.05, 3.63) is 52.3 Å². The summed E-state index contributed by atoms with van der Waals surface area (Å²) in [4.78, 5) is 11.6. The van der Waals surface area contributed by atoms with E-state index in [9.17, 15) is 17.6 Å². The van der Waals surface area contributed by atoms with Crippen LogP contribution in [0, 0.1) is 5.82 Å². The molecule has 0 aliphatic carbocycles. The molecule has 0 saturated carbocycles. The molecule has 0 N–H and O–H groups in total. The van der Waals surface area contributed by atoms with Gasteiger partial charge in [0, 0.05) is 0 Å². The van der Waals surface area contributed by atoms with Crippen molar-refractivity contribution >= 4 is 44.9 Å². The summed E-state index contributed by atoms with van der Waals surface area (Å²) in [7, 11) is -2.96. The number of carbonyl (C=O) groups is 1. The second-order valence-electron chi connectivity index (χ2n) is 5.19. The third-order valence-electron chi connectivity index (χ3n) is 3.49. The van der Waals surface area contributed by atoms with Crippen molar-refractivity contribution in [3.8, 4) is 5.75 Å². The minimum absolute atomic E-state index is 0.0625. The van der Waals surface area contributed by atoms with E-state index in [-0.39, 0.29) is 33.0 Å². The van der Waals surface area contributed by atoms with Gasteiger partial charge in [-0.05, 0) is 43.3 Å². The third-order valence-corrected chi connectivity index (χ3v) is 6.28. The van der Waals surface area contributed by atoms with E-state index in [4.69, 9.17) is 32.7 Å². The maximum Gasteiger partial charge on any atom is 0.326 e. The molecular weight excluding hydrogens is 420 g/mol. The lowest BCUT2D eigenvalue weighted by Gasteiger charge is -2.24. The summed E-state index contributed by atoms with van der Waals surface area (Å²) in [6, 6.07) is 7.16. The van der Waals surface area contributed by atoms with Gasteiger partial charge in [-0.3, -0.25) is 9.10 Å². The first-order valence-corrected chi connectivity index (χ1v) is 9.87. The fourth-order valence-electron chi connectivity index (χ4n) is 2.24. The van der Waals surface area contributed by atoms with Crippen LogP contribution in [0.15, 0.2) is 41.3 Å². The van der Waals surface area contributed by atoms with E-state index >= 15 is 0 Å². The molecule has 146 valence electrons. The first-order valence-electron chi connectivity index (χ1n) is 7.68. The van der Waals surface area contributed by atoms with Crippen molar-refractivity contribution in [1.29, 1.82) is 0 Å². The molecule has 0 fully saturated rings. The number of rotatable bonds is 7. The Balaban J connectivity index is 2.58. The number of carbonyl (C=O) groups excluding carboxylic acids is 1. The van der Waals surface area contributed by atoms with Crippen LogP contribution in [-0.4, -0.2) is 34.6 Å². The Kier molecular flexibility index (Phi) is 6.91. The number of methoxy groups -OCH3 is 1. The summed E-state index contributed by atoms with van der Waals surface area (Å²) in [5, 5.41) is -0.345. The van der Waals surface area contributed by atoms with Crippen LogP contribution in [0.3, 0.4) is 0 Å². The first kappa shape index (κ1) is 21.3. The van der Waals surface area contributed by atoms with Gasteiger partial charge in [-0.2, -0.15) is 0 Å². The summed E-state index contributed by atoms with van der Waals surface area (Å²) >= 11 is 12.2. The average Bonchev–Trinajstić information content (AvgIpc) is 2.62. The summed E-state index contributed by atoms with van der Waals surface area (Å²) < 4.78 is 50.2. The predicted molar refractivity (Wildman–Crippen MR) is 101 cm³/mol. The van der Waals surface area contributed by atoms with Crippen LogP contribution in [0.1, 0.15) is 6.92 Å². The van der Waals surface area contributed by atoms with Crippen LogP contribution in [0.5, 0.6) is 5.75 Å². The predicted octanol–water partition coefficient (Wildman–Crippen LogP) is 3.90. The highest BCUT2D eigenvalue weighted by atomic mass is 35.5. The standard InChI is InChI=1S/C17H16Cl2FNO5S/c1-3-26-15(22)10-21(12-6-4-11(20)5-7-12)27(23,24)14-9-8-13(25-2)16(18)17(14)19/h4-9H,3,10H2,1-2H3. The number of sulfonamides is 1. The third kappa shape index (κ3) is 4.63. The van der Waals surface area contributed by atoms with Gasteiger partial charge in [0.05, 0.1) is 24.4 Å². The quantitative estimate of drug-likeness (QED) is 0.616. The molecule has 0 atom stereocenters. The van der Waals surface area contributed by atoms with Crippen molar-refractivity contribution in [1.82, 2.24) is 0 Å². The Morgan fingerprint density at radius 3 is 2.30 bits per heavy atom. The number of hydrogen-bond acceptors (Lipinski definition) is 5. The Bertz CT molecular complexity index is 935. The molecule has 6 nitrogen and oxygen atoms in total. The lowest BCUT2D eigenvalue weighted by molar-refractivity contribution is -0.141. The van der Waals surface area contributed by atoms with Gasteiger partial charge in [0.25, 0.3) is 10.0 Å². The Hall–Kier alpha value is -2.03. The fraction of sp³-hybridized carbons (Fsp3) is 0.235. The molecule has 2 aromatic rings. The molecule has 2 aromatic carbocycles. The first-order chi connectivity index (χ1) is 12.7. The summed E-state index contributed by atoms with van der Waals surface area (Å²) in [6.07, 6.45) is 0. The van der Waals surface area contributed by atoms with E-state index in [0.717, 1.165) is 16.4 Å². The number of ether oxygens (including phenoxy) is 2. The van der Waals surface area contributed by atoms with Gasteiger partial charge in [0.15, 0.2) is 0 Å². The maximum atomic E-state index is 13.2. The zero-order chi connectivity index (χ0) is 20.2. The summed E-state index contributed by atoms with van der Waals surface area (Å²) in [6.45, 7) is 1.04. The van der Waals surface area contributed by atoms with Gasteiger partial charge in [-0.1, -0.05) is 23.2 Å². The zero-order valence-corrected chi connectivity index (χ0v) is 16.7. The highest BCUT2D eigenvalue weighted by molar-refractivity contribution is 7.93. The number of nitrogens with zero attached hydrogens (tertiary/aromatic N) is 1. The fourth-order valence-corrected chi connectivity index (χ4v) is 4.46. The molecule has 0 bridgehead atoms. The molecule has 0 spiro atoms. The van der Waals surface area contributed by atoms with E-state index in [1.54, 1.807) is 6.92 Å². The van der Waals surface area contributed by atoms with Gasteiger partial charge >= 0.3 is 5.97 Å². The molecule has 0 heterocycles. The second-order valence-corrected chi connectivity index (χ2v) is 7.77. The summed E-state index contributed by atoms with van der Waals surface area (Å²) in [5.74, 6) is -1.14. The van der Waals surface area contributed by atoms with Gasteiger partial charge in [-0.25, -0.2) is 12.8 Å². The monoisotopic (exact) mass is 435 g/mol. The van der Waals surface area contributed by atoms with E-state index in [1.165, 1.54) is 31.4 Å².